The van der Waals surface area contributed by atoms with Gasteiger partial charge in [0, 0.05) is 0 Å². The first-order valence-corrected chi connectivity index (χ1v) is 2.49. The number of hydrogen-bond acceptors (Lipinski definition) is 1. The van der Waals surface area contributed by atoms with Crippen molar-refractivity contribution in [1.82, 2.24) is 5.73 Å². The normalized spacial score (nSPS) is 14.0. The predicted molar refractivity (Wildman–Crippen MR) is 29.4 cm³/mol. The van der Waals surface area contributed by atoms with Gasteiger partial charge in [-0.2, -0.15) is 0 Å². The fourth-order valence-electron chi connectivity index (χ4n) is 0.285. The summed E-state index contributed by atoms with van der Waals surface area (Å²) in [5.41, 5.74) is 6.88. The Hall–Kier alpha value is -0.570. The van der Waals surface area contributed by atoms with Gasteiger partial charge in [0.05, 0.1) is 0 Å². The molecule has 0 aromatic carbocycles. The van der Waals surface area contributed by atoms with Gasteiger partial charge in [-0.05, 0) is 5.92 Å². The molecule has 0 spiro atoms. The fraction of sp³-hybridized carbons (Fsp3) is 0.800. The molecule has 8 heavy (non-hydrogen) atoms. The minimum Gasteiger partial charge on any atom is -0.480 e. The second-order valence-corrected chi connectivity index (χ2v) is 2.06. The molecule has 0 aliphatic rings. The molecule has 47 valence electrons. The van der Waals surface area contributed by atoms with E-state index >= 15 is 0 Å². The molecular formula is C5H10NO2. The van der Waals surface area contributed by atoms with Crippen molar-refractivity contribution >= 4 is 5.97 Å². The largest absolute Gasteiger partial charge is 0.480 e. The van der Waals surface area contributed by atoms with E-state index in [2.05, 4.69) is 0 Å². The van der Waals surface area contributed by atoms with Crippen LogP contribution in [0.2, 0.25) is 0 Å². The summed E-state index contributed by atoms with van der Waals surface area (Å²) >= 11 is 0. The lowest BCUT2D eigenvalue weighted by molar-refractivity contribution is -0.139. The van der Waals surface area contributed by atoms with Crippen LogP contribution in [0.15, 0.2) is 0 Å². The lowest BCUT2D eigenvalue weighted by Gasteiger charge is -2.06. The lowest BCUT2D eigenvalue weighted by Crippen LogP contribution is -2.26. The molecule has 1 radical (unpaired) electrons. The summed E-state index contributed by atoms with van der Waals surface area (Å²) in [4.78, 5) is 9.95. The first-order valence-electron chi connectivity index (χ1n) is 2.49. The zero-order valence-electron chi connectivity index (χ0n) is 5.01. The first kappa shape index (κ1) is 7.43. The number of carboxylic acids is 1. The fourth-order valence-corrected chi connectivity index (χ4v) is 0.285. The number of carbonyl (C=O) groups is 1. The second-order valence-electron chi connectivity index (χ2n) is 2.06. The van der Waals surface area contributed by atoms with E-state index < -0.39 is 12.0 Å². The van der Waals surface area contributed by atoms with Crippen molar-refractivity contribution < 1.29 is 9.90 Å². The third-order valence-electron chi connectivity index (χ3n) is 0.933. The minimum atomic E-state index is -1.04. The summed E-state index contributed by atoms with van der Waals surface area (Å²) in [6.07, 6.45) is 0. The van der Waals surface area contributed by atoms with E-state index in [1.54, 1.807) is 13.8 Å². The average Bonchev–Trinajstić information content (AvgIpc) is 1.64. The van der Waals surface area contributed by atoms with Gasteiger partial charge in [-0.25, -0.2) is 5.73 Å². The third kappa shape index (κ3) is 1.93. The molecule has 0 fully saturated rings. The van der Waals surface area contributed by atoms with Crippen LogP contribution in [0, 0.1) is 5.92 Å². The van der Waals surface area contributed by atoms with E-state index in [4.69, 9.17) is 10.8 Å². The van der Waals surface area contributed by atoms with Gasteiger partial charge in [0.2, 0.25) is 0 Å². The number of hydrogen-bond donors (Lipinski definition) is 1. The van der Waals surface area contributed by atoms with E-state index in [0.29, 0.717) is 0 Å². The van der Waals surface area contributed by atoms with Crippen LogP contribution in [0.1, 0.15) is 13.8 Å². The molecule has 0 heterocycles. The van der Waals surface area contributed by atoms with Crippen molar-refractivity contribution in [3.05, 3.63) is 0 Å². The molecule has 0 aliphatic carbocycles. The van der Waals surface area contributed by atoms with Gasteiger partial charge < -0.3 is 5.11 Å². The third-order valence-corrected chi connectivity index (χ3v) is 0.933. The van der Waals surface area contributed by atoms with E-state index in [0.717, 1.165) is 0 Å². The van der Waals surface area contributed by atoms with E-state index in [-0.39, 0.29) is 5.92 Å². The standard InChI is InChI=1S/C5H10NO2/c1-3(2)4(6)5(7)8/h3-4,6H,1-2H3,(H,7,8). The summed E-state index contributed by atoms with van der Waals surface area (Å²) in [6, 6.07) is -0.963. The van der Waals surface area contributed by atoms with Crippen molar-refractivity contribution in [1.29, 1.82) is 0 Å². The van der Waals surface area contributed by atoms with E-state index in [1.165, 1.54) is 0 Å². The quantitative estimate of drug-likeness (QED) is 0.566. The maximum atomic E-state index is 9.95. The molecular weight excluding hydrogens is 106 g/mol. The van der Waals surface area contributed by atoms with Crippen molar-refractivity contribution in [3.63, 3.8) is 0 Å². The van der Waals surface area contributed by atoms with E-state index in [1.807, 2.05) is 0 Å². The maximum absolute atomic E-state index is 9.95. The molecule has 0 aromatic heterocycles. The number of nitrogens with one attached hydrogen (secondary N) is 1. The summed E-state index contributed by atoms with van der Waals surface area (Å²) in [6.45, 7) is 3.43. The molecule has 0 rings (SSSR count). The second kappa shape index (κ2) is 2.67. The maximum Gasteiger partial charge on any atom is 0.322 e. The monoisotopic (exact) mass is 116 g/mol. The summed E-state index contributed by atoms with van der Waals surface area (Å²) in [5, 5.41) is 8.16. The Balaban J connectivity index is 3.64. The van der Waals surface area contributed by atoms with Gasteiger partial charge >= 0.3 is 5.97 Å². The van der Waals surface area contributed by atoms with Crippen LogP contribution in [-0.2, 0) is 4.79 Å². The molecule has 0 saturated carbocycles. The zero-order chi connectivity index (χ0) is 6.73. The number of aliphatic carboxylic acids is 1. The van der Waals surface area contributed by atoms with Gasteiger partial charge in [0.1, 0.15) is 6.04 Å². The SMILES string of the molecule is CC(C)C([NH])C(=O)O. The Morgan fingerprint density at radius 3 is 2.00 bits per heavy atom. The van der Waals surface area contributed by atoms with Gasteiger partial charge in [-0.1, -0.05) is 13.8 Å². The van der Waals surface area contributed by atoms with Crippen molar-refractivity contribution in [2.24, 2.45) is 5.92 Å². The average molecular weight is 116 g/mol. The molecule has 1 unspecified atom stereocenters. The Kier molecular flexibility index (Phi) is 2.48. The molecule has 1 atom stereocenters. The highest BCUT2D eigenvalue weighted by atomic mass is 16.4. The molecule has 2 N–H and O–H groups in total. The Labute approximate surface area is 48.5 Å². The highest BCUT2D eigenvalue weighted by molar-refractivity contribution is 5.73. The highest BCUT2D eigenvalue weighted by Gasteiger charge is 2.15. The van der Waals surface area contributed by atoms with Crippen LogP contribution >= 0.6 is 0 Å². The van der Waals surface area contributed by atoms with Crippen molar-refractivity contribution in [2.75, 3.05) is 0 Å². The van der Waals surface area contributed by atoms with Crippen LogP contribution in [0.5, 0.6) is 0 Å². The molecule has 0 aliphatic heterocycles. The summed E-state index contributed by atoms with van der Waals surface area (Å²) < 4.78 is 0. The lowest BCUT2D eigenvalue weighted by atomic mass is 10.1. The van der Waals surface area contributed by atoms with Crippen LogP contribution < -0.4 is 5.73 Å². The molecule has 0 amide bonds. The number of rotatable bonds is 2. The Bertz CT molecular complexity index is 90.4. The predicted octanol–water partition coefficient (Wildman–Crippen LogP) is 0.378. The molecule has 0 aromatic rings. The Morgan fingerprint density at radius 1 is 1.62 bits per heavy atom. The number of carboxylic acid groups (broad SMARTS) is 1. The summed E-state index contributed by atoms with van der Waals surface area (Å²) in [7, 11) is 0. The van der Waals surface area contributed by atoms with Gasteiger partial charge in [-0.3, -0.25) is 4.79 Å². The zero-order valence-corrected chi connectivity index (χ0v) is 5.01. The van der Waals surface area contributed by atoms with Crippen molar-refractivity contribution in [3.8, 4) is 0 Å². The first-order chi connectivity index (χ1) is 3.55. The van der Waals surface area contributed by atoms with Crippen LogP contribution in [0.4, 0.5) is 0 Å². The van der Waals surface area contributed by atoms with Crippen LogP contribution in [0.3, 0.4) is 0 Å². The molecule has 0 bridgehead atoms. The van der Waals surface area contributed by atoms with Crippen LogP contribution in [0.25, 0.3) is 0 Å². The summed E-state index contributed by atoms with van der Waals surface area (Å²) in [5.74, 6) is -1.13. The minimum absolute atomic E-state index is 0.0903. The topological polar surface area (TPSA) is 61.1 Å². The molecule has 3 heteroatoms. The van der Waals surface area contributed by atoms with Crippen LogP contribution in [-0.4, -0.2) is 17.1 Å². The molecule has 3 nitrogen and oxygen atoms in total. The van der Waals surface area contributed by atoms with Gasteiger partial charge in [0.25, 0.3) is 0 Å². The molecule has 0 saturated heterocycles. The van der Waals surface area contributed by atoms with Gasteiger partial charge in [0.15, 0.2) is 0 Å². The van der Waals surface area contributed by atoms with Crippen molar-refractivity contribution in [2.45, 2.75) is 19.9 Å². The van der Waals surface area contributed by atoms with E-state index in [9.17, 15) is 4.79 Å². The smallest absolute Gasteiger partial charge is 0.322 e. The highest BCUT2D eigenvalue weighted by Crippen LogP contribution is 1.98. The Morgan fingerprint density at radius 2 is 2.00 bits per heavy atom. The van der Waals surface area contributed by atoms with Gasteiger partial charge in [-0.15, -0.1) is 0 Å².